The highest BCUT2D eigenvalue weighted by atomic mass is 15.1. The Balaban J connectivity index is 1.41. The molecule has 0 saturated carbocycles. The van der Waals surface area contributed by atoms with Crippen LogP contribution >= 0.6 is 0 Å². The average Bonchev–Trinajstić information content (AvgIpc) is 3.27. The van der Waals surface area contributed by atoms with E-state index in [1.54, 1.807) is 0 Å². The van der Waals surface area contributed by atoms with Gasteiger partial charge in [0.2, 0.25) is 0 Å². The van der Waals surface area contributed by atoms with E-state index < -0.39 is 0 Å². The lowest BCUT2D eigenvalue weighted by molar-refractivity contribution is 0.660. The van der Waals surface area contributed by atoms with E-state index in [2.05, 4.69) is 170 Å². The largest absolute Gasteiger partial charge is 0.310 e. The second-order valence-electron chi connectivity index (χ2n) is 11.8. The summed E-state index contributed by atoms with van der Waals surface area (Å²) >= 11 is 0. The number of benzene rings is 7. The highest BCUT2D eigenvalue weighted by molar-refractivity contribution is 6.06. The Morgan fingerprint density at radius 2 is 1.12 bits per heavy atom. The van der Waals surface area contributed by atoms with Gasteiger partial charge in [-0.25, -0.2) is 0 Å². The van der Waals surface area contributed by atoms with Crippen molar-refractivity contribution in [3.8, 4) is 22.3 Å². The second kappa shape index (κ2) is 9.46. The van der Waals surface area contributed by atoms with Crippen LogP contribution in [-0.2, 0) is 5.41 Å². The molecule has 7 aromatic carbocycles. The minimum absolute atomic E-state index is 0.0745. The van der Waals surface area contributed by atoms with Gasteiger partial charge >= 0.3 is 0 Å². The lowest BCUT2D eigenvalue weighted by Crippen LogP contribution is -2.17. The molecular weight excluding hydrogens is 506 g/mol. The van der Waals surface area contributed by atoms with E-state index in [9.17, 15) is 0 Å². The summed E-state index contributed by atoms with van der Waals surface area (Å²) in [4.78, 5) is 2.44. The highest BCUT2D eigenvalue weighted by Crippen LogP contribution is 2.51. The number of hydrogen-bond acceptors (Lipinski definition) is 1. The molecule has 1 aliphatic carbocycles. The lowest BCUT2D eigenvalue weighted by atomic mass is 9.82. The van der Waals surface area contributed by atoms with Crippen molar-refractivity contribution in [1.29, 1.82) is 0 Å². The number of para-hydroxylation sites is 1. The molecule has 200 valence electrons. The molecule has 1 heteroatoms. The SMILES string of the molecule is CC1(C)c2ccccc2-c2ccc(N(c3ccccc3)c3ccc4ccccc4c3-c3ccc4ccccc4c3)cc21. The van der Waals surface area contributed by atoms with E-state index in [1.807, 2.05) is 0 Å². The summed E-state index contributed by atoms with van der Waals surface area (Å²) in [7, 11) is 0. The maximum atomic E-state index is 2.44. The zero-order valence-corrected chi connectivity index (χ0v) is 23.9. The quantitative estimate of drug-likeness (QED) is 0.216. The maximum Gasteiger partial charge on any atom is 0.0546 e. The van der Waals surface area contributed by atoms with Crippen molar-refractivity contribution in [3.63, 3.8) is 0 Å². The molecule has 42 heavy (non-hydrogen) atoms. The zero-order valence-electron chi connectivity index (χ0n) is 23.9. The third kappa shape index (κ3) is 3.78. The van der Waals surface area contributed by atoms with Gasteiger partial charge in [-0.2, -0.15) is 0 Å². The third-order valence-corrected chi connectivity index (χ3v) is 9.03. The van der Waals surface area contributed by atoms with Crippen molar-refractivity contribution in [1.82, 2.24) is 0 Å². The zero-order chi connectivity index (χ0) is 28.3. The first kappa shape index (κ1) is 24.6. The molecule has 0 unspecified atom stereocenters. The number of anilines is 3. The standard InChI is InChI=1S/C41H31N/c1-41(2)37-19-11-10-18-35(37)36-24-23-33(27-38(36)41)42(32-15-4-3-5-16-32)39-25-22-29-13-8-9-17-34(29)40(39)31-21-20-28-12-6-7-14-30(28)26-31/h3-27H,1-2H3. The predicted octanol–water partition coefficient (Wildman–Crippen LogP) is 11.4. The van der Waals surface area contributed by atoms with Gasteiger partial charge in [-0.3, -0.25) is 0 Å². The molecule has 0 fully saturated rings. The van der Waals surface area contributed by atoms with E-state index in [0.717, 1.165) is 11.4 Å². The second-order valence-corrected chi connectivity index (χ2v) is 11.8. The molecule has 1 aliphatic rings. The first-order valence-electron chi connectivity index (χ1n) is 14.7. The van der Waals surface area contributed by atoms with Gasteiger partial charge in [0.1, 0.15) is 0 Å². The Labute approximate surface area is 247 Å². The van der Waals surface area contributed by atoms with Gasteiger partial charge in [0, 0.05) is 22.4 Å². The van der Waals surface area contributed by atoms with Crippen LogP contribution in [0.2, 0.25) is 0 Å². The lowest BCUT2D eigenvalue weighted by Gasteiger charge is -2.30. The van der Waals surface area contributed by atoms with Gasteiger partial charge < -0.3 is 4.90 Å². The Morgan fingerprint density at radius 1 is 0.452 bits per heavy atom. The van der Waals surface area contributed by atoms with Crippen LogP contribution < -0.4 is 4.90 Å². The topological polar surface area (TPSA) is 3.24 Å². The van der Waals surface area contributed by atoms with Gasteiger partial charge in [0.05, 0.1) is 5.69 Å². The fourth-order valence-electron chi connectivity index (χ4n) is 6.93. The molecule has 1 nitrogen and oxygen atoms in total. The van der Waals surface area contributed by atoms with Crippen LogP contribution in [0.15, 0.2) is 152 Å². The highest BCUT2D eigenvalue weighted by Gasteiger charge is 2.35. The molecule has 0 bridgehead atoms. The fraction of sp³-hybridized carbons (Fsp3) is 0.0732. The first-order valence-corrected chi connectivity index (χ1v) is 14.7. The van der Waals surface area contributed by atoms with Crippen molar-refractivity contribution in [2.24, 2.45) is 0 Å². The minimum Gasteiger partial charge on any atom is -0.310 e. The smallest absolute Gasteiger partial charge is 0.0546 e. The van der Waals surface area contributed by atoms with Gasteiger partial charge in [-0.05, 0) is 85.8 Å². The van der Waals surface area contributed by atoms with Crippen LogP contribution in [-0.4, -0.2) is 0 Å². The molecule has 0 radical (unpaired) electrons. The maximum absolute atomic E-state index is 2.44. The molecule has 8 rings (SSSR count). The average molecular weight is 538 g/mol. The minimum atomic E-state index is -0.0745. The van der Waals surface area contributed by atoms with Gasteiger partial charge in [0.25, 0.3) is 0 Å². The summed E-state index contributed by atoms with van der Waals surface area (Å²) < 4.78 is 0. The molecule has 0 N–H and O–H groups in total. The molecule has 7 aromatic rings. The van der Waals surface area contributed by atoms with E-state index >= 15 is 0 Å². The molecular formula is C41H31N. The summed E-state index contributed by atoms with van der Waals surface area (Å²) in [6.07, 6.45) is 0. The molecule has 0 aliphatic heterocycles. The molecule has 0 amide bonds. The number of hydrogen-bond donors (Lipinski definition) is 0. The number of rotatable bonds is 4. The van der Waals surface area contributed by atoms with E-state index in [1.165, 1.54) is 60.6 Å². The monoisotopic (exact) mass is 537 g/mol. The van der Waals surface area contributed by atoms with Gasteiger partial charge in [-0.15, -0.1) is 0 Å². The molecule has 0 atom stereocenters. The predicted molar refractivity (Wildman–Crippen MR) is 179 cm³/mol. The molecule has 0 spiro atoms. The normalized spacial score (nSPS) is 13.2. The Kier molecular flexibility index (Phi) is 5.55. The van der Waals surface area contributed by atoms with Gasteiger partial charge in [0.15, 0.2) is 0 Å². The number of nitrogens with zero attached hydrogens (tertiary/aromatic N) is 1. The fourth-order valence-corrected chi connectivity index (χ4v) is 6.93. The van der Waals surface area contributed by atoms with Crippen LogP contribution in [0.5, 0.6) is 0 Å². The van der Waals surface area contributed by atoms with E-state index in [4.69, 9.17) is 0 Å². The summed E-state index contributed by atoms with van der Waals surface area (Å²) in [6, 6.07) is 55.5. The van der Waals surface area contributed by atoms with Crippen LogP contribution in [0.25, 0.3) is 43.8 Å². The first-order chi connectivity index (χ1) is 20.6. The van der Waals surface area contributed by atoms with Crippen molar-refractivity contribution in [3.05, 3.63) is 163 Å². The Bertz CT molecular complexity index is 2120. The summed E-state index contributed by atoms with van der Waals surface area (Å²) in [5.74, 6) is 0. The van der Waals surface area contributed by atoms with Crippen molar-refractivity contribution in [2.75, 3.05) is 4.90 Å². The van der Waals surface area contributed by atoms with E-state index in [-0.39, 0.29) is 5.41 Å². The summed E-state index contributed by atoms with van der Waals surface area (Å²) in [6.45, 7) is 4.70. The van der Waals surface area contributed by atoms with E-state index in [0.29, 0.717) is 0 Å². The summed E-state index contributed by atoms with van der Waals surface area (Å²) in [5.41, 5.74) is 11.3. The van der Waals surface area contributed by atoms with Crippen LogP contribution in [0.3, 0.4) is 0 Å². The summed E-state index contributed by atoms with van der Waals surface area (Å²) in [5, 5.41) is 4.99. The molecule has 0 aromatic heterocycles. The molecule has 0 saturated heterocycles. The van der Waals surface area contributed by atoms with Crippen LogP contribution in [0, 0.1) is 0 Å². The third-order valence-electron chi connectivity index (χ3n) is 9.03. The molecule has 0 heterocycles. The van der Waals surface area contributed by atoms with Gasteiger partial charge in [-0.1, -0.05) is 129 Å². The van der Waals surface area contributed by atoms with Crippen molar-refractivity contribution < 1.29 is 0 Å². The van der Waals surface area contributed by atoms with Crippen LogP contribution in [0.1, 0.15) is 25.0 Å². The Hall–Kier alpha value is -5.14. The number of fused-ring (bicyclic) bond motifs is 5. The van der Waals surface area contributed by atoms with Crippen molar-refractivity contribution >= 4 is 38.6 Å². The Morgan fingerprint density at radius 3 is 1.98 bits per heavy atom. The van der Waals surface area contributed by atoms with Crippen LogP contribution in [0.4, 0.5) is 17.1 Å². The van der Waals surface area contributed by atoms with Crippen molar-refractivity contribution in [2.45, 2.75) is 19.3 Å².